The predicted octanol–water partition coefficient (Wildman–Crippen LogP) is 2.64. The molecule has 148 valence electrons. The summed E-state index contributed by atoms with van der Waals surface area (Å²) in [5.74, 6) is -0.398. The third kappa shape index (κ3) is 5.28. The maximum atomic E-state index is 10.9. The SMILES string of the molecule is CN(C)c1ccc(/C=N/N=c2/sc3ccccc3n2CCCS(=O)(=O)[O-])cc1. The first-order chi connectivity index (χ1) is 13.3. The average Bonchev–Trinajstić information content (AvgIpc) is 2.99. The Hall–Kier alpha value is -2.49. The molecule has 2 aromatic carbocycles. The molecule has 7 nitrogen and oxygen atoms in total. The molecule has 0 fully saturated rings. The number of rotatable bonds is 7. The summed E-state index contributed by atoms with van der Waals surface area (Å²) in [5.41, 5.74) is 2.98. The lowest BCUT2D eigenvalue weighted by atomic mass is 10.2. The molecule has 0 aliphatic carbocycles. The van der Waals surface area contributed by atoms with Crippen molar-refractivity contribution in [3.63, 3.8) is 0 Å². The first-order valence-electron chi connectivity index (χ1n) is 8.70. The van der Waals surface area contributed by atoms with Gasteiger partial charge in [-0.3, -0.25) is 0 Å². The van der Waals surface area contributed by atoms with Gasteiger partial charge in [0.05, 0.1) is 26.5 Å². The van der Waals surface area contributed by atoms with E-state index >= 15 is 0 Å². The number of anilines is 1. The van der Waals surface area contributed by atoms with Crippen LogP contribution in [0.4, 0.5) is 5.69 Å². The largest absolute Gasteiger partial charge is 0.748 e. The van der Waals surface area contributed by atoms with Crippen LogP contribution in [-0.2, 0) is 16.7 Å². The maximum Gasteiger partial charge on any atom is 0.211 e. The average molecular weight is 418 g/mol. The summed E-state index contributed by atoms with van der Waals surface area (Å²) < 4.78 is 35.6. The molecule has 0 amide bonds. The number of hydrogen-bond donors (Lipinski definition) is 0. The summed E-state index contributed by atoms with van der Waals surface area (Å²) in [7, 11) is -0.264. The van der Waals surface area contributed by atoms with Gasteiger partial charge in [-0.25, -0.2) is 8.42 Å². The Bertz CT molecular complexity index is 1140. The molecule has 0 aliphatic heterocycles. The van der Waals surface area contributed by atoms with Crippen molar-refractivity contribution in [1.82, 2.24) is 4.57 Å². The van der Waals surface area contributed by atoms with Crippen LogP contribution in [-0.4, -0.2) is 43.6 Å². The molecular weight excluding hydrogens is 396 g/mol. The third-order valence-electron chi connectivity index (χ3n) is 4.12. The molecule has 0 aliphatic rings. The highest BCUT2D eigenvalue weighted by Gasteiger charge is 2.06. The molecular formula is C19H21N4O3S2-. The normalized spacial score (nSPS) is 12.9. The molecule has 0 atom stereocenters. The number of benzene rings is 2. The number of fused-ring (bicyclic) bond motifs is 1. The van der Waals surface area contributed by atoms with Gasteiger partial charge in [0.15, 0.2) is 0 Å². The van der Waals surface area contributed by atoms with Gasteiger partial charge in [0.2, 0.25) is 4.80 Å². The van der Waals surface area contributed by atoms with Crippen molar-refractivity contribution >= 4 is 43.6 Å². The molecule has 0 saturated carbocycles. The van der Waals surface area contributed by atoms with Gasteiger partial charge < -0.3 is 14.0 Å². The van der Waals surface area contributed by atoms with Gasteiger partial charge in [0, 0.05) is 32.1 Å². The highest BCUT2D eigenvalue weighted by molar-refractivity contribution is 7.85. The van der Waals surface area contributed by atoms with E-state index in [1.807, 2.05) is 72.1 Å². The van der Waals surface area contributed by atoms with E-state index in [-0.39, 0.29) is 6.42 Å². The Morgan fingerprint density at radius 1 is 1.14 bits per heavy atom. The Labute approximate surface area is 168 Å². The molecule has 9 heteroatoms. The van der Waals surface area contributed by atoms with Crippen LogP contribution in [0, 0.1) is 0 Å². The Kier molecular flexibility index (Phi) is 6.28. The molecule has 3 rings (SSSR count). The molecule has 28 heavy (non-hydrogen) atoms. The summed E-state index contributed by atoms with van der Waals surface area (Å²) in [6, 6.07) is 15.7. The van der Waals surface area contributed by atoms with Crippen LogP contribution < -0.4 is 9.70 Å². The van der Waals surface area contributed by atoms with Crippen LogP contribution >= 0.6 is 11.3 Å². The fourth-order valence-electron chi connectivity index (χ4n) is 2.72. The zero-order valence-electron chi connectivity index (χ0n) is 15.6. The van der Waals surface area contributed by atoms with Gasteiger partial charge in [-0.2, -0.15) is 5.10 Å². The highest BCUT2D eigenvalue weighted by Crippen LogP contribution is 2.17. The highest BCUT2D eigenvalue weighted by atomic mass is 32.2. The molecule has 1 aromatic heterocycles. The molecule has 0 spiro atoms. The number of thiazole rings is 1. The van der Waals surface area contributed by atoms with Crippen molar-refractivity contribution in [3.8, 4) is 0 Å². The Balaban J connectivity index is 1.87. The van der Waals surface area contributed by atoms with Crippen molar-refractivity contribution in [1.29, 1.82) is 0 Å². The summed E-state index contributed by atoms with van der Waals surface area (Å²) in [4.78, 5) is 2.68. The van der Waals surface area contributed by atoms with E-state index in [2.05, 4.69) is 10.2 Å². The molecule has 0 unspecified atom stereocenters. The minimum Gasteiger partial charge on any atom is -0.748 e. The summed E-state index contributed by atoms with van der Waals surface area (Å²) in [5, 5.41) is 8.52. The Morgan fingerprint density at radius 3 is 2.54 bits per heavy atom. The van der Waals surface area contributed by atoms with Gasteiger partial charge in [-0.05, 0) is 36.2 Å². The molecule has 0 saturated heterocycles. The molecule has 3 aromatic rings. The summed E-state index contributed by atoms with van der Waals surface area (Å²) in [6.07, 6.45) is 1.91. The van der Waals surface area contributed by atoms with Crippen molar-refractivity contribution in [2.24, 2.45) is 10.2 Å². The second kappa shape index (κ2) is 8.68. The van der Waals surface area contributed by atoms with Crippen molar-refractivity contribution < 1.29 is 13.0 Å². The maximum absolute atomic E-state index is 10.9. The van der Waals surface area contributed by atoms with E-state index in [1.54, 1.807) is 6.21 Å². The van der Waals surface area contributed by atoms with Crippen LogP contribution in [0.2, 0.25) is 0 Å². The topological polar surface area (TPSA) is 90.1 Å². The molecule has 0 N–H and O–H groups in total. The second-order valence-electron chi connectivity index (χ2n) is 6.45. The first-order valence-corrected chi connectivity index (χ1v) is 11.1. The van der Waals surface area contributed by atoms with E-state index in [4.69, 9.17) is 0 Å². The zero-order valence-corrected chi connectivity index (χ0v) is 17.3. The minimum absolute atomic E-state index is 0.232. The number of nitrogens with zero attached hydrogens (tertiary/aromatic N) is 4. The fraction of sp³-hybridized carbons (Fsp3) is 0.263. The lowest BCUT2D eigenvalue weighted by Gasteiger charge is -2.11. The molecule has 0 radical (unpaired) electrons. The van der Waals surface area contributed by atoms with Crippen LogP contribution in [0.5, 0.6) is 0 Å². The van der Waals surface area contributed by atoms with E-state index in [9.17, 15) is 13.0 Å². The predicted molar refractivity (Wildman–Crippen MR) is 113 cm³/mol. The minimum atomic E-state index is -4.23. The van der Waals surface area contributed by atoms with Crippen molar-refractivity contribution in [3.05, 3.63) is 58.9 Å². The smallest absolute Gasteiger partial charge is 0.211 e. The van der Waals surface area contributed by atoms with Crippen LogP contribution in [0.1, 0.15) is 12.0 Å². The standard InChI is InChI=1S/C19H22N4O3S2/c1-22(2)16-10-8-15(9-11-16)14-20-21-19-23(12-5-13-28(24,25)26)17-6-3-4-7-18(17)27-19/h3-4,6-11,14H,5,12-13H2,1-2H3,(H,24,25,26)/p-1/b20-14+,21-19+. The number of para-hydroxylation sites is 1. The van der Waals surface area contributed by atoms with Gasteiger partial charge in [0.1, 0.15) is 0 Å². The lowest BCUT2D eigenvalue weighted by molar-refractivity contribution is 0.459. The lowest BCUT2D eigenvalue weighted by Crippen LogP contribution is -2.17. The summed E-state index contributed by atoms with van der Waals surface area (Å²) >= 11 is 1.47. The second-order valence-corrected chi connectivity index (χ2v) is 8.98. The van der Waals surface area contributed by atoms with Crippen molar-refractivity contribution in [2.75, 3.05) is 24.7 Å². The third-order valence-corrected chi connectivity index (χ3v) is 5.96. The number of hydrogen-bond acceptors (Lipinski definition) is 7. The van der Waals surface area contributed by atoms with Gasteiger partial charge in [0.25, 0.3) is 0 Å². The van der Waals surface area contributed by atoms with Gasteiger partial charge in [-0.15, -0.1) is 5.10 Å². The summed E-state index contributed by atoms with van der Waals surface area (Å²) in [6.45, 7) is 0.386. The van der Waals surface area contributed by atoms with E-state index in [0.717, 1.165) is 21.5 Å². The van der Waals surface area contributed by atoms with Crippen LogP contribution in [0.3, 0.4) is 0 Å². The fourth-order valence-corrected chi connectivity index (χ4v) is 4.21. The quantitative estimate of drug-likeness (QED) is 0.336. The Morgan fingerprint density at radius 2 is 1.86 bits per heavy atom. The van der Waals surface area contributed by atoms with Gasteiger partial charge in [-0.1, -0.05) is 35.6 Å². The van der Waals surface area contributed by atoms with Crippen LogP contribution in [0.25, 0.3) is 10.2 Å². The molecule has 0 bridgehead atoms. The number of aryl methyl sites for hydroxylation is 1. The van der Waals surface area contributed by atoms with E-state index in [0.29, 0.717) is 11.3 Å². The van der Waals surface area contributed by atoms with Crippen molar-refractivity contribution in [2.45, 2.75) is 13.0 Å². The van der Waals surface area contributed by atoms with E-state index < -0.39 is 15.9 Å². The monoisotopic (exact) mass is 417 g/mol. The zero-order chi connectivity index (χ0) is 20.1. The van der Waals surface area contributed by atoms with E-state index in [1.165, 1.54) is 11.3 Å². The number of aromatic nitrogens is 1. The first kappa shape index (κ1) is 20.2. The van der Waals surface area contributed by atoms with Gasteiger partial charge >= 0.3 is 0 Å². The van der Waals surface area contributed by atoms with Crippen LogP contribution in [0.15, 0.2) is 58.7 Å². The molecule has 1 heterocycles.